The first-order valence-electron chi connectivity index (χ1n) is 8.18. The van der Waals surface area contributed by atoms with E-state index in [1.54, 1.807) is 0 Å². The number of rotatable bonds is 5. The average molecular weight is 336 g/mol. The highest BCUT2D eigenvalue weighted by molar-refractivity contribution is 7.88. The van der Waals surface area contributed by atoms with Gasteiger partial charge in [-0.15, -0.1) is 0 Å². The maximum Gasteiger partial charge on any atom is 0.238 e. The van der Waals surface area contributed by atoms with E-state index in [2.05, 4.69) is 12.1 Å². The van der Waals surface area contributed by atoms with Crippen LogP contribution in [-0.2, 0) is 21.2 Å². The molecule has 126 valence electrons. The van der Waals surface area contributed by atoms with Gasteiger partial charge in [-0.1, -0.05) is 24.3 Å². The van der Waals surface area contributed by atoms with Crippen molar-refractivity contribution in [1.29, 1.82) is 0 Å². The van der Waals surface area contributed by atoms with Crippen molar-refractivity contribution in [3.8, 4) is 0 Å². The van der Waals surface area contributed by atoms with E-state index in [1.165, 1.54) is 18.2 Å². The van der Waals surface area contributed by atoms with E-state index in [1.807, 2.05) is 17.0 Å². The van der Waals surface area contributed by atoms with Crippen molar-refractivity contribution in [1.82, 2.24) is 9.21 Å². The standard InChI is InChI=1S/C17H24N2O3S/c1-18(23(2,21)22)12-17(20)19(14-10-11-14)16-9-5-7-13-6-3-4-8-15(13)16/h3-4,6,8,14,16H,5,7,9-12H2,1-2H3. The normalized spacial score (nSPS) is 21.1. The number of benzene rings is 1. The molecule has 1 fully saturated rings. The monoisotopic (exact) mass is 336 g/mol. The Kier molecular flexibility index (Phi) is 4.47. The molecule has 0 spiro atoms. The minimum atomic E-state index is -3.34. The van der Waals surface area contributed by atoms with Crippen LogP contribution in [-0.4, -0.2) is 49.4 Å². The quantitative estimate of drug-likeness (QED) is 0.826. The molecule has 2 aliphatic carbocycles. The summed E-state index contributed by atoms with van der Waals surface area (Å²) in [6, 6.07) is 8.68. The molecule has 1 unspecified atom stereocenters. The third kappa shape index (κ3) is 3.58. The lowest BCUT2D eigenvalue weighted by Crippen LogP contribution is -2.44. The lowest BCUT2D eigenvalue weighted by Gasteiger charge is -2.37. The highest BCUT2D eigenvalue weighted by Crippen LogP contribution is 2.40. The second-order valence-corrected chi connectivity index (χ2v) is 8.75. The summed E-state index contributed by atoms with van der Waals surface area (Å²) in [5.41, 5.74) is 2.56. The first-order valence-corrected chi connectivity index (χ1v) is 10.0. The number of fused-ring (bicyclic) bond motifs is 1. The van der Waals surface area contributed by atoms with Crippen molar-refractivity contribution in [2.75, 3.05) is 19.8 Å². The third-order valence-electron chi connectivity index (χ3n) is 4.83. The van der Waals surface area contributed by atoms with E-state index in [9.17, 15) is 13.2 Å². The highest BCUT2D eigenvalue weighted by atomic mass is 32.2. The third-order valence-corrected chi connectivity index (χ3v) is 6.09. The van der Waals surface area contributed by atoms with E-state index in [0.717, 1.165) is 42.7 Å². The molecule has 1 saturated carbocycles. The lowest BCUT2D eigenvalue weighted by atomic mass is 9.86. The van der Waals surface area contributed by atoms with Crippen LogP contribution in [0, 0.1) is 0 Å². The molecule has 0 bridgehead atoms. The van der Waals surface area contributed by atoms with Gasteiger partial charge >= 0.3 is 0 Å². The molecule has 2 aliphatic rings. The van der Waals surface area contributed by atoms with Gasteiger partial charge in [0.05, 0.1) is 18.8 Å². The Bertz CT molecular complexity index is 698. The molecule has 5 nitrogen and oxygen atoms in total. The number of carbonyl (C=O) groups excluding carboxylic acids is 1. The van der Waals surface area contributed by atoms with Crippen molar-refractivity contribution in [2.45, 2.75) is 44.2 Å². The van der Waals surface area contributed by atoms with Gasteiger partial charge < -0.3 is 4.90 Å². The predicted molar refractivity (Wildman–Crippen MR) is 89.5 cm³/mol. The smallest absolute Gasteiger partial charge is 0.238 e. The Hall–Kier alpha value is -1.40. The van der Waals surface area contributed by atoms with Gasteiger partial charge in [-0.3, -0.25) is 4.79 Å². The zero-order valence-electron chi connectivity index (χ0n) is 13.7. The number of amides is 1. The fourth-order valence-electron chi connectivity index (χ4n) is 3.39. The summed E-state index contributed by atoms with van der Waals surface area (Å²) < 4.78 is 24.3. The Morgan fingerprint density at radius 1 is 1.22 bits per heavy atom. The molecule has 3 rings (SSSR count). The van der Waals surface area contributed by atoms with Crippen LogP contribution in [0.3, 0.4) is 0 Å². The van der Waals surface area contributed by atoms with Crippen LogP contribution >= 0.6 is 0 Å². The van der Waals surface area contributed by atoms with Crippen molar-refractivity contribution in [2.24, 2.45) is 0 Å². The van der Waals surface area contributed by atoms with Crippen molar-refractivity contribution in [3.05, 3.63) is 35.4 Å². The maximum atomic E-state index is 12.8. The molecule has 23 heavy (non-hydrogen) atoms. The maximum absolute atomic E-state index is 12.8. The van der Waals surface area contributed by atoms with Crippen LogP contribution in [0.25, 0.3) is 0 Å². The fourth-order valence-corrected chi connectivity index (χ4v) is 3.74. The highest BCUT2D eigenvalue weighted by Gasteiger charge is 2.39. The summed E-state index contributed by atoms with van der Waals surface area (Å²) >= 11 is 0. The number of carbonyl (C=O) groups is 1. The summed E-state index contributed by atoms with van der Waals surface area (Å²) in [5, 5.41) is 0. The van der Waals surface area contributed by atoms with Gasteiger partial charge in [0, 0.05) is 13.1 Å². The van der Waals surface area contributed by atoms with E-state index in [-0.39, 0.29) is 24.5 Å². The Morgan fingerprint density at radius 2 is 1.91 bits per heavy atom. The minimum absolute atomic E-state index is 0.0754. The molecular formula is C17H24N2O3S. The molecule has 0 saturated heterocycles. The second-order valence-electron chi connectivity index (χ2n) is 6.66. The zero-order chi connectivity index (χ0) is 16.6. The minimum Gasteiger partial charge on any atom is -0.332 e. The van der Waals surface area contributed by atoms with Crippen molar-refractivity contribution >= 4 is 15.9 Å². The Morgan fingerprint density at radius 3 is 2.57 bits per heavy atom. The summed E-state index contributed by atoms with van der Waals surface area (Å²) in [6.07, 6.45) is 6.27. The first kappa shape index (κ1) is 16.5. The van der Waals surface area contributed by atoms with Gasteiger partial charge in [0.2, 0.25) is 15.9 Å². The first-order chi connectivity index (χ1) is 10.9. The lowest BCUT2D eigenvalue weighted by molar-refractivity contribution is -0.134. The summed E-state index contributed by atoms with van der Waals surface area (Å²) in [5.74, 6) is -0.0814. The molecule has 1 aromatic rings. The Balaban J connectivity index is 1.84. The number of likely N-dealkylation sites (N-methyl/N-ethyl adjacent to an activating group) is 1. The van der Waals surface area contributed by atoms with Gasteiger partial charge in [-0.05, 0) is 43.2 Å². The average Bonchev–Trinajstić information content (AvgIpc) is 3.31. The summed E-state index contributed by atoms with van der Waals surface area (Å²) in [7, 11) is -1.88. The molecule has 0 aliphatic heterocycles. The molecule has 0 heterocycles. The molecule has 1 amide bonds. The van der Waals surface area contributed by atoms with Crippen LogP contribution in [0.2, 0.25) is 0 Å². The van der Waals surface area contributed by atoms with E-state index in [4.69, 9.17) is 0 Å². The number of nitrogens with zero attached hydrogens (tertiary/aromatic N) is 2. The van der Waals surface area contributed by atoms with Crippen LogP contribution in [0.1, 0.15) is 42.9 Å². The topological polar surface area (TPSA) is 57.7 Å². The van der Waals surface area contributed by atoms with Gasteiger partial charge in [-0.25, -0.2) is 8.42 Å². The molecule has 6 heteroatoms. The van der Waals surface area contributed by atoms with Gasteiger partial charge in [0.25, 0.3) is 0 Å². The molecule has 0 aromatic heterocycles. The van der Waals surface area contributed by atoms with Crippen LogP contribution in [0.4, 0.5) is 0 Å². The molecule has 0 N–H and O–H groups in total. The molecule has 1 aromatic carbocycles. The Labute approximate surface area is 138 Å². The van der Waals surface area contributed by atoms with Crippen LogP contribution in [0.15, 0.2) is 24.3 Å². The number of hydrogen-bond donors (Lipinski definition) is 0. The summed E-state index contributed by atoms with van der Waals surface area (Å²) in [4.78, 5) is 14.8. The van der Waals surface area contributed by atoms with Gasteiger partial charge in [-0.2, -0.15) is 4.31 Å². The fraction of sp³-hybridized carbons (Fsp3) is 0.588. The van der Waals surface area contributed by atoms with Gasteiger partial charge in [0.1, 0.15) is 0 Å². The van der Waals surface area contributed by atoms with Gasteiger partial charge in [0.15, 0.2) is 0 Å². The van der Waals surface area contributed by atoms with Crippen molar-refractivity contribution < 1.29 is 13.2 Å². The van der Waals surface area contributed by atoms with Crippen LogP contribution < -0.4 is 0 Å². The van der Waals surface area contributed by atoms with E-state index in [0.29, 0.717) is 0 Å². The predicted octanol–water partition coefficient (Wildman–Crippen LogP) is 1.95. The SMILES string of the molecule is CN(CC(=O)N(C1CC1)C1CCCc2ccccc21)S(C)(=O)=O. The van der Waals surface area contributed by atoms with E-state index >= 15 is 0 Å². The van der Waals surface area contributed by atoms with E-state index < -0.39 is 10.0 Å². The number of aryl methyl sites for hydroxylation is 1. The number of sulfonamides is 1. The molecule has 1 atom stereocenters. The largest absolute Gasteiger partial charge is 0.332 e. The zero-order valence-corrected chi connectivity index (χ0v) is 14.6. The van der Waals surface area contributed by atoms with Crippen molar-refractivity contribution in [3.63, 3.8) is 0 Å². The molecular weight excluding hydrogens is 312 g/mol. The number of hydrogen-bond acceptors (Lipinski definition) is 3. The summed E-state index contributed by atoms with van der Waals surface area (Å²) in [6.45, 7) is -0.0754. The molecule has 0 radical (unpaired) electrons. The van der Waals surface area contributed by atoms with Crippen LogP contribution in [0.5, 0.6) is 0 Å². The second kappa shape index (κ2) is 6.24.